The maximum atomic E-state index is 12.7. The lowest BCUT2D eigenvalue weighted by molar-refractivity contribution is -0.131. The first kappa shape index (κ1) is 20.4. The maximum Gasteiger partial charge on any atom is 0.240 e. The van der Waals surface area contributed by atoms with E-state index in [2.05, 4.69) is 4.72 Å². The molecule has 1 aliphatic heterocycles. The average Bonchev–Trinajstić information content (AvgIpc) is 3.18. The van der Waals surface area contributed by atoms with Gasteiger partial charge in [-0.05, 0) is 49.6 Å². The number of nitrogens with zero attached hydrogens (tertiary/aromatic N) is 1. The maximum absolute atomic E-state index is 12.7. The van der Waals surface area contributed by atoms with Gasteiger partial charge in [-0.25, -0.2) is 13.1 Å². The van der Waals surface area contributed by atoms with Gasteiger partial charge in [-0.1, -0.05) is 29.8 Å². The normalized spacial score (nSPS) is 16.9. The fourth-order valence-electron chi connectivity index (χ4n) is 3.50. The van der Waals surface area contributed by atoms with Gasteiger partial charge in [0, 0.05) is 19.5 Å². The number of ether oxygens (including phenoxy) is 1. The van der Waals surface area contributed by atoms with E-state index >= 15 is 0 Å². The van der Waals surface area contributed by atoms with E-state index in [1.807, 2.05) is 36.1 Å². The second kappa shape index (κ2) is 8.75. The monoisotopic (exact) mass is 402 g/mol. The molecule has 1 unspecified atom stereocenters. The second-order valence-electron chi connectivity index (χ2n) is 6.98. The molecule has 0 radical (unpaired) electrons. The van der Waals surface area contributed by atoms with Gasteiger partial charge in [0.2, 0.25) is 15.9 Å². The van der Waals surface area contributed by atoms with Gasteiger partial charge < -0.3 is 9.64 Å². The Labute approximate surface area is 166 Å². The molecule has 6 nitrogen and oxygen atoms in total. The van der Waals surface area contributed by atoms with Gasteiger partial charge >= 0.3 is 0 Å². The summed E-state index contributed by atoms with van der Waals surface area (Å²) in [4.78, 5) is 14.8. The van der Waals surface area contributed by atoms with E-state index in [4.69, 9.17) is 4.74 Å². The zero-order valence-electron chi connectivity index (χ0n) is 16.2. The van der Waals surface area contributed by atoms with Crippen LogP contribution in [0.15, 0.2) is 53.4 Å². The molecule has 3 rings (SSSR count). The third-order valence-corrected chi connectivity index (χ3v) is 6.49. The van der Waals surface area contributed by atoms with Crippen molar-refractivity contribution in [2.24, 2.45) is 0 Å². The summed E-state index contributed by atoms with van der Waals surface area (Å²) >= 11 is 0. The van der Waals surface area contributed by atoms with Crippen LogP contribution in [-0.4, -0.2) is 39.4 Å². The van der Waals surface area contributed by atoms with Crippen molar-refractivity contribution in [3.05, 3.63) is 59.7 Å². The van der Waals surface area contributed by atoms with Crippen LogP contribution in [0, 0.1) is 6.92 Å². The first-order chi connectivity index (χ1) is 13.4. The number of carbonyl (C=O) groups excluding carboxylic acids is 1. The van der Waals surface area contributed by atoms with E-state index in [-0.39, 0.29) is 29.8 Å². The number of methoxy groups -OCH3 is 1. The van der Waals surface area contributed by atoms with Crippen LogP contribution in [0.1, 0.15) is 36.4 Å². The number of likely N-dealkylation sites (tertiary alicyclic amines) is 1. The Bertz CT molecular complexity index is 926. The predicted octanol–water partition coefficient (Wildman–Crippen LogP) is 3.04. The molecule has 150 valence electrons. The van der Waals surface area contributed by atoms with E-state index in [1.165, 1.54) is 0 Å². The molecule has 1 aliphatic rings. The number of hydrogen-bond acceptors (Lipinski definition) is 4. The molecular weight excluding hydrogens is 376 g/mol. The van der Waals surface area contributed by atoms with E-state index in [9.17, 15) is 13.2 Å². The Balaban J connectivity index is 1.60. The summed E-state index contributed by atoms with van der Waals surface area (Å²) in [7, 11) is -1.99. The standard InChI is InChI=1S/C21H26N2O4S/c1-16-8-10-19(11-9-16)28(25,26)22-13-12-21(24)23-14-4-7-20(23)17-5-3-6-18(15-17)27-2/h3,5-6,8-11,15,20,22H,4,7,12-14H2,1-2H3. The van der Waals surface area contributed by atoms with Crippen molar-refractivity contribution in [3.8, 4) is 5.75 Å². The van der Waals surface area contributed by atoms with E-state index in [0.717, 1.165) is 29.7 Å². The molecule has 1 amide bonds. The van der Waals surface area contributed by atoms with Crippen molar-refractivity contribution >= 4 is 15.9 Å². The Hall–Kier alpha value is -2.38. The summed E-state index contributed by atoms with van der Waals surface area (Å²) in [6, 6.07) is 14.4. The molecule has 2 aromatic rings. The fourth-order valence-corrected chi connectivity index (χ4v) is 4.53. The molecule has 0 saturated carbocycles. The molecule has 1 saturated heterocycles. The highest BCUT2D eigenvalue weighted by molar-refractivity contribution is 7.89. The number of amides is 1. The summed E-state index contributed by atoms with van der Waals surface area (Å²) < 4.78 is 32.5. The van der Waals surface area contributed by atoms with Crippen molar-refractivity contribution in [1.82, 2.24) is 9.62 Å². The minimum absolute atomic E-state index is 0.0105. The first-order valence-corrected chi connectivity index (χ1v) is 10.9. The van der Waals surface area contributed by atoms with Crippen molar-refractivity contribution in [2.75, 3.05) is 20.2 Å². The third kappa shape index (κ3) is 4.72. The largest absolute Gasteiger partial charge is 0.497 e. The number of hydrogen-bond donors (Lipinski definition) is 1. The summed E-state index contributed by atoms with van der Waals surface area (Å²) in [5.41, 5.74) is 2.04. The van der Waals surface area contributed by atoms with Gasteiger partial charge in [-0.2, -0.15) is 0 Å². The van der Waals surface area contributed by atoms with Gasteiger partial charge in [0.25, 0.3) is 0 Å². The Morgan fingerprint density at radius 1 is 1.21 bits per heavy atom. The molecule has 1 N–H and O–H groups in total. The molecule has 7 heteroatoms. The topological polar surface area (TPSA) is 75.7 Å². The zero-order valence-corrected chi connectivity index (χ0v) is 17.0. The molecule has 1 heterocycles. The van der Waals surface area contributed by atoms with Crippen LogP contribution in [-0.2, 0) is 14.8 Å². The van der Waals surface area contributed by atoms with E-state index in [1.54, 1.807) is 31.4 Å². The minimum Gasteiger partial charge on any atom is -0.497 e. The summed E-state index contributed by atoms with van der Waals surface area (Å²) in [5.74, 6) is 0.722. The fraction of sp³-hybridized carbons (Fsp3) is 0.381. The number of sulfonamides is 1. The van der Waals surface area contributed by atoms with E-state index < -0.39 is 10.0 Å². The first-order valence-electron chi connectivity index (χ1n) is 9.40. The number of benzene rings is 2. The number of nitrogens with one attached hydrogen (secondary N) is 1. The summed E-state index contributed by atoms with van der Waals surface area (Å²) in [5, 5.41) is 0. The molecule has 0 spiro atoms. The quantitative estimate of drug-likeness (QED) is 0.772. The van der Waals surface area contributed by atoms with E-state index in [0.29, 0.717) is 6.54 Å². The van der Waals surface area contributed by atoms with Gasteiger partial charge in [0.05, 0.1) is 18.0 Å². The molecule has 0 aliphatic carbocycles. The van der Waals surface area contributed by atoms with Crippen LogP contribution >= 0.6 is 0 Å². The number of rotatable bonds is 7. The van der Waals surface area contributed by atoms with Gasteiger partial charge in [0.15, 0.2) is 0 Å². The van der Waals surface area contributed by atoms with Gasteiger partial charge in [0.1, 0.15) is 5.75 Å². The van der Waals surface area contributed by atoms with Crippen LogP contribution < -0.4 is 9.46 Å². The highest BCUT2D eigenvalue weighted by Crippen LogP contribution is 2.33. The van der Waals surface area contributed by atoms with Gasteiger partial charge in [-0.3, -0.25) is 4.79 Å². The molecule has 28 heavy (non-hydrogen) atoms. The lowest BCUT2D eigenvalue weighted by atomic mass is 10.0. The van der Waals surface area contributed by atoms with Crippen LogP contribution in [0.4, 0.5) is 0 Å². The molecule has 0 bridgehead atoms. The SMILES string of the molecule is COc1cccc(C2CCCN2C(=O)CCNS(=O)(=O)c2ccc(C)cc2)c1. The molecule has 2 aromatic carbocycles. The van der Waals surface area contributed by atoms with Crippen LogP contribution in [0.5, 0.6) is 5.75 Å². The Kier molecular flexibility index (Phi) is 6.36. The smallest absolute Gasteiger partial charge is 0.240 e. The number of aryl methyl sites for hydroxylation is 1. The van der Waals surface area contributed by atoms with Gasteiger partial charge in [-0.15, -0.1) is 0 Å². The Morgan fingerprint density at radius 3 is 2.68 bits per heavy atom. The van der Waals surface area contributed by atoms with Crippen molar-refractivity contribution < 1.29 is 17.9 Å². The third-order valence-electron chi connectivity index (χ3n) is 5.01. The van der Waals surface area contributed by atoms with Crippen LogP contribution in [0.2, 0.25) is 0 Å². The number of carbonyl (C=O) groups is 1. The second-order valence-corrected chi connectivity index (χ2v) is 8.75. The van der Waals surface area contributed by atoms with Crippen molar-refractivity contribution in [2.45, 2.75) is 37.1 Å². The molecule has 1 fully saturated rings. The highest BCUT2D eigenvalue weighted by atomic mass is 32.2. The summed E-state index contributed by atoms with van der Waals surface area (Å²) in [6.45, 7) is 2.67. The molecule has 1 atom stereocenters. The zero-order chi connectivity index (χ0) is 20.1. The molecule has 0 aromatic heterocycles. The summed E-state index contributed by atoms with van der Waals surface area (Å²) in [6.07, 6.45) is 1.96. The van der Waals surface area contributed by atoms with Crippen molar-refractivity contribution in [1.29, 1.82) is 0 Å². The lowest BCUT2D eigenvalue weighted by Crippen LogP contribution is -2.34. The molecular formula is C21H26N2O4S. The van der Waals surface area contributed by atoms with Crippen LogP contribution in [0.3, 0.4) is 0 Å². The minimum atomic E-state index is -3.61. The lowest BCUT2D eigenvalue weighted by Gasteiger charge is -2.25. The predicted molar refractivity (Wildman–Crippen MR) is 108 cm³/mol. The average molecular weight is 403 g/mol. The highest BCUT2D eigenvalue weighted by Gasteiger charge is 2.30. The van der Waals surface area contributed by atoms with Crippen molar-refractivity contribution in [3.63, 3.8) is 0 Å². The van der Waals surface area contributed by atoms with Crippen LogP contribution in [0.25, 0.3) is 0 Å². The Morgan fingerprint density at radius 2 is 1.96 bits per heavy atom.